The van der Waals surface area contributed by atoms with Crippen molar-refractivity contribution in [1.29, 1.82) is 5.26 Å². The van der Waals surface area contributed by atoms with Gasteiger partial charge >= 0.3 is 6.18 Å². The molecule has 2 aliphatic heterocycles. The van der Waals surface area contributed by atoms with Gasteiger partial charge in [-0.15, -0.1) is 0 Å². The van der Waals surface area contributed by atoms with Gasteiger partial charge in [-0.2, -0.15) is 33.2 Å². The molecule has 0 saturated carbocycles. The molecule has 2 saturated heterocycles. The third-order valence-corrected chi connectivity index (χ3v) is 8.70. The van der Waals surface area contributed by atoms with E-state index in [9.17, 15) is 28.0 Å². The van der Waals surface area contributed by atoms with E-state index in [-0.39, 0.29) is 59.6 Å². The molecule has 46 heavy (non-hydrogen) atoms. The lowest BCUT2D eigenvalue weighted by molar-refractivity contribution is -0.138. The predicted octanol–water partition coefficient (Wildman–Crippen LogP) is 3.93. The number of carbonyl (C=O) groups excluding carboxylic acids is 1. The zero-order chi connectivity index (χ0) is 33.5. The van der Waals surface area contributed by atoms with E-state index < -0.39 is 23.3 Å². The van der Waals surface area contributed by atoms with Crippen LogP contribution in [0.1, 0.15) is 45.2 Å². The molecule has 244 valence electrons. The number of rotatable bonds is 8. The molecule has 0 bridgehead atoms. The maximum absolute atomic E-state index is 14.2. The van der Waals surface area contributed by atoms with Gasteiger partial charge in [-0.25, -0.2) is 4.98 Å². The number of aryl methyl sites for hydroxylation is 1. The molecule has 0 aliphatic carbocycles. The number of hydrogen-bond acceptors (Lipinski definition) is 9. The van der Waals surface area contributed by atoms with Gasteiger partial charge in [0.2, 0.25) is 11.9 Å². The van der Waals surface area contributed by atoms with Crippen molar-refractivity contribution in [1.82, 2.24) is 29.5 Å². The number of benzene rings is 1. The second-order valence-corrected chi connectivity index (χ2v) is 12.3. The summed E-state index contributed by atoms with van der Waals surface area (Å²) in [6.45, 7) is 15.5. The molecule has 4 heterocycles. The Morgan fingerprint density at radius 3 is 2.43 bits per heavy atom. The minimum absolute atomic E-state index is 0.0372. The van der Waals surface area contributed by atoms with E-state index in [4.69, 9.17) is 4.98 Å². The van der Waals surface area contributed by atoms with Crippen LogP contribution in [0.2, 0.25) is 0 Å². The molecule has 1 aromatic carbocycles. The van der Waals surface area contributed by atoms with Crippen molar-refractivity contribution >= 4 is 28.6 Å². The molecule has 0 radical (unpaired) electrons. The number of carbonyl (C=O) groups is 1. The number of aromatic nitrogens is 4. The molecule has 5 rings (SSSR count). The molecule has 0 N–H and O–H groups in total. The predicted molar refractivity (Wildman–Crippen MR) is 169 cm³/mol. The van der Waals surface area contributed by atoms with Crippen molar-refractivity contribution in [2.24, 2.45) is 0 Å². The summed E-state index contributed by atoms with van der Waals surface area (Å²) in [4.78, 5) is 43.9. The Balaban J connectivity index is 1.64. The van der Waals surface area contributed by atoms with Crippen LogP contribution >= 0.6 is 0 Å². The van der Waals surface area contributed by atoms with Crippen LogP contribution in [0.4, 0.5) is 24.9 Å². The van der Waals surface area contributed by atoms with Gasteiger partial charge in [-0.1, -0.05) is 18.7 Å². The Morgan fingerprint density at radius 1 is 1.13 bits per heavy atom. The highest BCUT2D eigenvalue weighted by atomic mass is 19.4. The van der Waals surface area contributed by atoms with E-state index in [2.05, 4.69) is 55.3 Å². The first-order chi connectivity index (χ1) is 21.8. The first-order valence-corrected chi connectivity index (χ1v) is 15.3. The summed E-state index contributed by atoms with van der Waals surface area (Å²) < 4.78 is 43.2. The molecule has 0 unspecified atom stereocenters. The van der Waals surface area contributed by atoms with E-state index in [1.807, 2.05) is 9.80 Å². The quantitative estimate of drug-likeness (QED) is 0.339. The molecule has 2 aliphatic rings. The number of nitrogens with zero attached hydrogens (tertiary/aromatic N) is 9. The Labute approximate surface area is 265 Å². The van der Waals surface area contributed by atoms with Gasteiger partial charge in [0, 0.05) is 50.8 Å². The maximum atomic E-state index is 14.2. The molecule has 1 amide bonds. The number of fused-ring (bicyclic) bond motifs is 1. The Hall–Kier alpha value is -4.51. The molecular formula is C32H38F3N9O2. The molecule has 2 fully saturated rings. The summed E-state index contributed by atoms with van der Waals surface area (Å²) in [5, 5.41) is 14.0. The number of nitriles is 1. The smallest absolute Gasteiger partial charge is 0.352 e. The molecule has 2 aromatic heterocycles. The van der Waals surface area contributed by atoms with Crippen LogP contribution in [0, 0.1) is 18.3 Å². The van der Waals surface area contributed by atoms with Crippen LogP contribution in [0.15, 0.2) is 41.8 Å². The molecule has 1 atom stereocenters. The monoisotopic (exact) mass is 637 g/mol. The van der Waals surface area contributed by atoms with E-state index in [0.717, 1.165) is 4.68 Å². The number of halogens is 3. The lowest BCUT2D eigenvalue weighted by Gasteiger charge is -2.49. The second kappa shape index (κ2) is 12.7. The number of piperazine rings is 1. The average Bonchev–Trinajstić information content (AvgIpc) is 2.97. The van der Waals surface area contributed by atoms with Crippen molar-refractivity contribution in [2.75, 3.05) is 42.5 Å². The number of amides is 1. The van der Waals surface area contributed by atoms with Gasteiger partial charge in [0.25, 0.3) is 5.56 Å². The van der Waals surface area contributed by atoms with E-state index >= 15 is 0 Å². The summed E-state index contributed by atoms with van der Waals surface area (Å²) in [5.41, 5.74) is -2.26. The standard InChI is InChI=1S/C32H38F3N9O2/c1-7-26(45)42-14-13-40(16-22(42)11-12-36)29-24-15-37-44(25-10-8-9-21(6)27(25)32(33,34)35)30(46)28(24)38-31(39-29)41-17-23(18-41)43(19(2)3)20(4)5/h7-10,15,19-20,22-23H,1,11,13-14,16-18H2,2-6H3/t22-/m1/s1. The lowest BCUT2D eigenvalue weighted by Crippen LogP contribution is -2.63. The van der Waals surface area contributed by atoms with Gasteiger partial charge in [0.1, 0.15) is 11.3 Å². The van der Waals surface area contributed by atoms with Crippen LogP contribution < -0.4 is 15.4 Å². The van der Waals surface area contributed by atoms with Crippen LogP contribution in [0.5, 0.6) is 0 Å². The minimum Gasteiger partial charge on any atom is -0.352 e. The van der Waals surface area contributed by atoms with Gasteiger partial charge in [0.15, 0.2) is 0 Å². The van der Waals surface area contributed by atoms with Crippen molar-refractivity contribution in [3.8, 4) is 11.8 Å². The van der Waals surface area contributed by atoms with Crippen LogP contribution in [-0.4, -0.2) is 92.3 Å². The van der Waals surface area contributed by atoms with Crippen LogP contribution in [-0.2, 0) is 11.0 Å². The second-order valence-electron chi connectivity index (χ2n) is 12.3. The summed E-state index contributed by atoms with van der Waals surface area (Å²) in [6, 6.07) is 6.51. The van der Waals surface area contributed by atoms with Crippen molar-refractivity contribution in [3.05, 3.63) is 58.5 Å². The molecular weight excluding hydrogens is 599 g/mol. The molecule has 11 nitrogen and oxygen atoms in total. The topological polar surface area (TPSA) is 114 Å². The van der Waals surface area contributed by atoms with Crippen LogP contribution in [0.3, 0.4) is 0 Å². The van der Waals surface area contributed by atoms with Crippen LogP contribution in [0.25, 0.3) is 16.6 Å². The number of anilines is 2. The zero-order valence-electron chi connectivity index (χ0n) is 26.6. The van der Waals surface area contributed by atoms with Gasteiger partial charge < -0.3 is 14.7 Å². The first kappa shape index (κ1) is 32.9. The van der Waals surface area contributed by atoms with E-state index in [0.29, 0.717) is 37.5 Å². The van der Waals surface area contributed by atoms with Crippen molar-refractivity contribution < 1.29 is 18.0 Å². The molecule has 0 spiro atoms. The number of hydrogen-bond donors (Lipinski definition) is 0. The largest absolute Gasteiger partial charge is 0.418 e. The summed E-state index contributed by atoms with van der Waals surface area (Å²) in [5.74, 6) is 0.365. The third-order valence-electron chi connectivity index (χ3n) is 8.70. The van der Waals surface area contributed by atoms with Gasteiger partial charge in [-0.05, 0) is 52.3 Å². The minimum atomic E-state index is -4.72. The van der Waals surface area contributed by atoms with Crippen molar-refractivity contribution in [2.45, 2.75) is 71.4 Å². The Bertz CT molecular complexity index is 1730. The summed E-state index contributed by atoms with van der Waals surface area (Å²) in [7, 11) is 0. The Kier molecular flexibility index (Phi) is 9.08. The molecule has 14 heteroatoms. The fraction of sp³-hybridized carbons (Fsp3) is 0.500. The third kappa shape index (κ3) is 6.03. The summed E-state index contributed by atoms with van der Waals surface area (Å²) in [6.07, 6.45) is -2.12. The van der Waals surface area contributed by atoms with E-state index in [1.165, 1.54) is 37.4 Å². The maximum Gasteiger partial charge on any atom is 0.418 e. The average molecular weight is 638 g/mol. The van der Waals surface area contributed by atoms with Gasteiger partial charge in [-0.3, -0.25) is 14.5 Å². The fourth-order valence-corrected chi connectivity index (χ4v) is 6.73. The lowest BCUT2D eigenvalue weighted by atomic mass is 10.0. The van der Waals surface area contributed by atoms with Gasteiger partial charge in [0.05, 0.1) is 41.4 Å². The van der Waals surface area contributed by atoms with E-state index in [1.54, 1.807) is 4.90 Å². The first-order valence-electron chi connectivity index (χ1n) is 15.3. The Morgan fingerprint density at radius 2 is 1.83 bits per heavy atom. The highest BCUT2D eigenvalue weighted by Crippen LogP contribution is 2.36. The fourth-order valence-electron chi connectivity index (χ4n) is 6.73. The summed E-state index contributed by atoms with van der Waals surface area (Å²) >= 11 is 0. The van der Waals surface area contributed by atoms with Crippen molar-refractivity contribution in [3.63, 3.8) is 0 Å². The number of alkyl halides is 3. The normalized spacial score (nSPS) is 17.6. The SMILES string of the molecule is C=CC(=O)N1CCN(c2nc(N3CC(N(C(C)C)C(C)C)C3)nc3c(=O)n(-c4cccc(C)c4C(F)(F)F)ncc23)C[C@H]1CC#N. The molecule has 3 aromatic rings. The highest BCUT2D eigenvalue weighted by molar-refractivity contribution is 5.90. The zero-order valence-corrected chi connectivity index (χ0v) is 26.6. The highest BCUT2D eigenvalue weighted by Gasteiger charge is 2.39.